The highest BCUT2D eigenvalue weighted by Crippen LogP contribution is 2.28. The molecule has 0 bridgehead atoms. The molecular weight excluding hydrogens is 224 g/mol. The lowest BCUT2D eigenvalue weighted by Crippen LogP contribution is -2.32. The van der Waals surface area contributed by atoms with E-state index in [-0.39, 0.29) is 11.9 Å². The van der Waals surface area contributed by atoms with E-state index in [0.717, 1.165) is 24.9 Å². The van der Waals surface area contributed by atoms with Gasteiger partial charge in [0.2, 0.25) is 5.91 Å². The summed E-state index contributed by atoms with van der Waals surface area (Å²) >= 11 is 0. The first kappa shape index (κ1) is 13.1. The summed E-state index contributed by atoms with van der Waals surface area (Å²) in [5.41, 5.74) is 8.18. The van der Waals surface area contributed by atoms with E-state index in [1.54, 1.807) is 4.90 Å². The van der Waals surface area contributed by atoms with Gasteiger partial charge in [0.05, 0.1) is 0 Å². The number of benzene rings is 1. The maximum atomic E-state index is 12.2. The number of rotatable bonds is 3. The molecule has 98 valence electrons. The van der Waals surface area contributed by atoms with Crippen LogP contribution in [0, 0.1) is 12.8 Å². The van der Waals surface area contributed by atoms with Crippen LogP contribution in [-0.4, -0.2) is 19.0 Å². The van der Waals surface area contributed by atoms with Gasteiger partial charge in [0.15, 0.2) is 0 Å². The number of nitrogens with two attached hydrogens (primary N) is 1. The number of hydrogen-bond donors (Lipinski definition) is 1. The van der Waals surface area contributed by atoms with Crippen LogP contribution in [0.4, 0.5) is 5.69 Å². The van der Waals surface area contributed by atoms with E-state index < -0.39 is 0 Å². The van der Waals surface area contributed by atoms with Crippen LogP contribution in [-0.2, 0) is 4.79 Å². The van der Waals surface area contributed by atoms with Crippen LogP contribution in [0.15, 0.2) is 24.3 Å². The van der Waals surface area contributed by atoms with Gasteiger partial charge >= 0.3 is 0 Å². The zero-order valence-corrected chi connectivity index (χ0v) is 11.2. The highest BCUT2D eigenvalue weighted by Gasteiger charge is 2.27. The highest BCUT2D eigenvalue weighted by molar-refractivity contribution is 5.92. The third-order valence-electron chi connectivity index (χ3n) is 3.95. The van der Waals surface area contributed by atoms with E-state index in [2.05, 4.69) is 0 Å². The monoisotopic (exact) mass is 246 g/mol. The van der Waals surface area contributed by atoms with Gasteiger partial charge in [0.25, 0.3) is 0 Å². The number of carbonyl (C=O) groups is 1. The minimum Gasteiger partial charge on any atom is -0.327 e. The molecule has 0 spiro atoms. The van der Waals surface area contributed by atoms with Gasteiger partial charge in [-0.15, -0.1) is 0 Å². The van der Waals surface area contributed by atoms with Gasteiger partial charge in [-0.3, -0.25) is 4.79 Å². The number of anilines is 1. The molecule has 2 atom stereocenters. The Balaban J connectivity index is 1.98. The molecule has 0 aliphatic heterocycles. The molecular formula is C15H22N2O. The number of carbonyl (C=O) groups excluding carboxylic acids is 1. The summed E-state index contributed by atoms with van der Waals surface area (Å²) in [6.45, 7) is 2.04. The topological polar surface area (TPSA) is 46.3 Å². The minimum absolute atomic E-state index is 0.168. The minimum atomic E-state index is 0.168. The number of nitrogens with zero attached hydrogens (tertiary/aromatic N) is 1. The van der Waals surface area contributed by atoms with Crippen molar-refractivity contribution in [3.05, 3.63) is 29.8 Å². The molecule has 0 unspecified atom stereocenters. The average molecular weight is 246 g/mol. The summed E-state index contributed by atoms with van der Waals surface area (Å²) in [7, 11) is 1.84. The Morgan fingerprint density at radius 1 is 1.33 bits per heavy atom. The van der Waals surface area contributed by atoms with E-state index in [1.807, 2.05) is 38.2 Å². The van der Waals surface area contributed by atoms with E-state index >= 15 is 0 Å². The molecule has 2 N–H and O–H groups in total. The fraction of sp³-hybridized carbons (Fsp3) is 0.533. The first-order valence-corrected chi connectivity index (χ1v) is 6.66. The van der Waals surface area contributed by atoms with Crippen molar-refractivity contribution in [3.63, 3.8) is 0 Å². The van der Waals surface area contributed by atoms with Crippen molar-refractivity contribution in [1.82, 2.24) is 0 Å². The lowest BCUT2D eigenvalue weighted by molar-refractivity contribution is -0.119. The molecule has 1 amide bonds. The van der Waals surface area contributed by atoms with Gasteiger partial charge in [0.1, 0.15) is 0 Å². The normalized spacial score (nSPS) is 23.1. The lowest BCUT2D eigenvalue weighted by Gasteiger charge is -2.21. The van der Waals surface area contributed by atoms with Crippen LogP contribution in [0.3, 0.4) is 0 Å². The maximum Gasteiger partial charge on any atom is 0.227 e. The van der Waals surface area contributed by atoms with E-state index in [1.165, 1.54) is 5.56 Å². The molecule has 2 rings (SSSR count). The summed E-state index contributed by atoms with van der Waals surface area (Å²) in [6.07, 6.45) is 3.89. The molecule has 1 aromatic carbocycles. The molecule has 0 radical (unpaired) electrons. The Bertz CT molecular complexity index is 413. The predicted octanol–water partition coefficient (Wildman–Crippen LogP) is 2.48. The zero-order valence-electron chi connectivity index (χ0n) is 11.2. The Morgan fingerprint density at radius 3 is 2.56 bits per heavy atom. The second kappa shape index (κ2) is 5.53. The standard InChI is InChI=1S/C15H22N2O/c1-11-6-8-13(9-7-11)17(2)15(18)10-12-4-3-5-14(12)16/h6-9,12,14H,3-5,10,16H2,1-2H3/t12-,14+/m0/s1. The highest BCUT2D eigenvalue weighted by atomic mass is 16.2. The molecule has 18 heavy (non-hydrogen) atoms. The van der Waals surface area contributed by atoms with Gasteiger partial charge in [-0.1, -0.05) is 24.1 Å². The Hall–Kier alpha value is -1.35. The Kier molecular flexibility index (Phi) is 4.02. The number of amides is 1. The summed E-state index contributed by atoms with van der Waals surface area (Å²) in [6, 6.07) is 8.24. The molecule has 1 fully saturated rings. The molecule has 3 nitrogen and oxygen atoms in total. The summed E-state index contributed by atoms with van der Waals surface area (Å²) in [5.74, 6) is 0.534. The van der Waals surface area contributed by atoms with E-state index in [9.17, 15) is 4.79 Å². The summed E-state index contributed by atoms with van der Waals surface area (Å²) in [5, 5.41) is 0. The predicted molar refractivity (Wildman–Crippen MR) is 74.5 cm³/mol. The Morgan fingerprint density at radius 2 is 2.00 bits per heavy atom. The molecule has 0 aromatic heterocycles. The van der Waals surface area contributed by atoms with E-state index in [0.29, 0.717) is 12.3 Å². The van der Waals surface area contributed by atoms with Gasteiger partial charge in [-0.05, 0) is 37.8 Å². The zero-order chi connectivity index (χ0) is 13.1. The lowest BCUT2D eigenvalue weighted by atomic mass is 9.99. The number of hydrogen-bond acceptors (Lipinski definition) is 2. The van der Waals surface area contributed by atoms with Crippen LogP contribution < -0.4 is 10.6 Å². The van der Waals surface area contributed by atoms with Crippen molar-refractivity contribution in [2.45, 2.75) is 38.6 Å². The van der Waals surface area contributed by atoms with E-state index in [4.69, 9.17) is 5.73 Å². The van der Waals surface area contributed by atoms with Crippen LogP contribution in [0.25, 0.3) is 0 Å². The molecule has 1 aliphatic carbocycles. The van der Waals surface area contributed by atoms with Gasteiger partial charge in [0, 0.05) is 25.2 Å². The van der Waals surface area contributed by atoms with Crippen LogP contribution in [0.1, 0.15) is 31.2 Å². The molecule has 0 saturated heterocycles. The smallest absolute Gasteiger partial charge is 0.227 e. The average Bonchev–Trinajstić information content (AvgIpc) is 2.75. The summed E-state index contributed by atoms with van der Waals surface area (Å²) < 4.78 is 0. The second-order valence-electron chi connectivity index (χ2n) is 5.35. The third-order valence-corrected chi connectivity index (χ3v) is 3.95. The van der Waals surface area contributed by atoms with Crippen LogP contribution in [0.2, 0.25) is 0 Å². The summed E-state index contributed by atoms with van der Waals surface area (Å²) in [4.78, 5) is 13.9. The SMILES string of the molecule is Cc1ccc(N(C)C(=O)C[C@@H]2CCC[C@H]2N)cc1. The van der Waals surface area contributed by atoms with Gasteiger partial charge in [-0.2, -0.15) is 0 Å². The van der Waals surface area contributed by atoms with Crippen molar-refractivity contribution < 1.29 is 4.79 Å². The van der Waals surface area contributed by atoms with Crippen LogP contribution >= 0.6 is 0 Å². The molecule has 1 aliphatic rings. The fourth-order valence-corrected chi connectivity index (χ4v) is 2.59. The van der Waals surface area contributed by atoms with Crippen molar-refractivity contribution in [3.8, 4) is 0 Å². The maximum absolute atomic E-state index is 12.2. The van der Waals surface area contributed by atoms with Crippen LogP contribution in [0.5, 0.6) is 0 Å². The largest absolute Gasteiger partial charge is 0.327 e. The van der Waals surface area contributed by atoms with Gasteiger partial charge in [-0.25, -0.2) is 0 Å². The van der Waals surface area contributed by atoms with Crippen molar-refractivity contribution >= 4 is 11.6 Å². The van der Waals surface area contributed by atoms with Gasteiger partial charge < -0.3 is 10.6 Å². The quantitative estimate of drug-likeness (QED) is 0.890. The Labute approximate surface area is 109 Å². The first-order valence-electron chi connectivity index (χ1n) is 6.66. The molecule has 1 aromatic rings. The van der Waals surface area contributed by atoms with Crippen molar-refractivity contribution in [1.29, 1.82) is 0 Å². The fourth-order valence-electron chi connectivity index (χ4n) is 2.59. The first-order chi connectivity index (χ1) is 8.58. The second-order valence-corrected chi connectivity index (χ2v) is 5.35. The van der Waals surface area contributed by atoms with Crippen molar-refractivity contribution in [2.75, 3.05) is 11.9 Å². The molecule has 3 heteroatoms. The molecule has 0 heterocycles. The van der Waals surface area contributed by atoms with Crippen molar-refractivity contribution in [2.24, 2.45) is 11.7 Å². The molecule has 1 saturated carbocycles. The third kappa shape index (κ3) is 2.91. The number of aryl methyl sites for hydroxylation is 1.